The molecule has 6 nitrogen and oxygen atoms in total. The molecule has 1 amide bonds. The van der Waals surface area contributed by atoms with Crippen LogP contribution in [0.1, 0.15) is 50.0 Å². The smallest absolute Gasteiger partial charge is 0.251 e. The second kappa shape index (κ2) is 13.8. The Morgan fingerprint density at radius 3 is 2.31 bits per heavy atom. The van der Waals surface area contributed by atoms with E-state index in [0.29, 0.717) is 18.7 Å². The quantitative estimate of drug-likeness (QED) is 0.291. The number of rotatable bonds is 9. The van der Waals surface area contributed by atoms with E-state index in [-0.39, 0.29) is 42.0 Å². The van der Waals surface area contributed by atoms with Crippen molar-refractivity contribution in [1.82, 2.24) is 16.0 Å². The number of nitrogens with one attached hydrogen (secondary N) is 3. The first-order valence-electron chi connectivity index (χ1n) is 8.93. The van der Waals surface area contributed by atoms with Crippen LogP contribution in [-0.2, 0) is 11.3 Å². The van der Waals surface area contributed by atoms with Crippen LogP contribution in [0.15, 0.2) is 29.3 Å². The monoisotopic (exact) mass is 476 g/mol. The Morgan fingerprint density at radius 1 is 1.12 bits per heavy atom. The van der Waals surface area contributed by atoms with Crippen LogP contribution in [0.25, 0.3) is 0 Å². The average Bonchev–Trinajstić information content (AvgIpc) is 2.60. The number of hydrogen-bond acceptors (Lipinski definition) is 3. The molecule has 1 aromatic carbocycles. The fourth-order valence-corrected chi connectivity index (χ4v) is 2.19. The van der Waals surface area contributed by atoms with E-state index in [0.717, 1.165) is 24.5 Å². The Bertz CT molecular complexity index is 549. The molecule has 0 aliphatic heterocycles. The lowest BCUT2D eigenvalue weighted by atomic mass is 10.1. The molecular weight excluding hydrogens is 443 g/mol. The number of benzene rings is 1. The molecule has 0 aliphatic carbocycles. The summed E-state index contributed by atoms with van der Waals surface area (Å²) < 4.78 is 5.13. The zero-order valence-corrected chi connectivity index (χ0v) is 18.8. The number of methoxy groups -OCH3 is 1. The fraction of sp³-hybridized carbons (Fsp3) is 0.579. The third kappa shape index (κ3) is 9.38. The molecule has 0 bridgehead atoms. The van der Waals surface area contributed by atoms with Gasteiger partial charge in [-0.25, -0.2) is 4.99 Å². The lowest BCUT2D eigenvalue weighted by molar-refractivity contribution is 0.0939. The molecule has 0 spiro atoms. The number of carbonyl (C=O) groups excluding carboxylic acids is 1. The molecule has 2 unspecified atom stereocenters. The summed E-state index contributed by atoms with van der Waals surface area (Å²) in [7, 11) is 1.68. The first-order valence-corrected chi connectivity index (χ1v) is 8.93. The summed E-state index contributed by atoms with van der Waals surface area (Å²) in [4.78, 5) is 16.7. The number of aliphatic imine (C=N–C) groups is 1. The first-order chi connectivity index (χ1) is 12.0. The molecule has 0 saturated carbocycles. The highest BCUT2D eigenvalue weighted by atomic mass is 127. The molecule has 7 heteroatoms. The predicted octanol–water partition coefficient (Wildman–Crippen LogP) is 2.92. The minimum Gasteiger partial charge on any atom is -0.383 e. The Labute approximate surface area is 174 Å². The van der Waals surface area contributed by atoms with Crippen molar-refractivity contribution in [1.29, 1.82) is 0 Å². The van der Waals surface area contributed by atoms with Crippen molar-refractivity contribution >= 4 is 35.8 Å². The van der Waals surface area contributed by atoms with Crippen LogP contribution in [-0.4, -0.2) is 44.2 Å². The van der Waals surface area contributed by atoms with Crippen molar-refractivity contribution in [3.8, 4) is 0 Å². The van der Waals surface area contributed by atoms with E-state index in [1.807, 2.05) is 45.0 Å². The van der Waals surface area contributed by atoms with Gasteiger partial charge in [-0.05, 0) is 44.9 Å². The standard InChI is InChI=1S/C19H32N4O2.HI/c1-6-14(3)22-18(24)17-10-8-16(9-11-17)12-21-19(20-7-2)23-15(4)13-25-5;/h8-11,14-15H,6-7,12-13H2,1-5H3,(H,22,24)(H2,20,21,23);1H. The van der Waals surface area contributed by atoms with Crippen molar-refractivity contribution in [3.63, 3.8) is 0 Å². The van der Waals surface area contributed by atoms with Crippen molar-refractivity contribution in [2.45, 2.75) is 52.7 Å². The zero-order chi connectivity index (χ0) is 18.7. The van der Waals surface area contributed by atoms with Gasteiger partial charge in [0.25, 0.3) is 5.91 Å². The summed E-state index contributed by atoms with van der Waals surface area (Å²) in [5, 5.41) is 9.48. The normalized spacial score (nSPS) is 13.3. The number of amides is 1. The zero-order valence-electron chi connectivity index (χ0n) is 16.5. The Hall–Kier alpha value is -1.35. The van der Waals surface area contributed by atoms with Gasteiger partial charge in [0.2, 0.25) is 0 Å². The van der Waals surface area contributed by atoms with E-state index in [4.69, 9.17) is 4.74 Å². The van der Waals surface area contributed by atoms with Crippen molar-refractivity contribution in [3.05, 3.63) is 35.4 Å². The second-order valence-electron chi connectivity index (χ2n) is 6.18. The highest BCUT2D eigenvalue weighted by Gasteiger charge is 2.08. The molecule has 1 aromatic rings. The topological polar surface area (TPSA) is 74.8 Å². The molecule has 1 rings (SSSR count). The summed E-state index contributed by atoms with van der Waals surface area (Å²) in [5.74, 6) is 0.721. The molecule has 0 fully saturated rings. The molecule has 0 saturated heterocycles. The fourth-order valence-electron chi connectivity index (χ4n) is 2.19. The Morgan fingerprint density at radius 2 is 1.77 bits per heavy atom. The van der Waals surface area contributed by atoms with E-state index < -0.39 is 0 Å². The van der Waals surface area contributed by atoms with Gasteiger partial charge in [-0.1, -0.05) is 19.1 Å². The van der Waals surface area contributed by atoms with Gasteiger partial charge >= 0.3 is 0 Å². The maximum Gasteiger partial charge on any atom is 0.251 e. The molecule has 2 atom stereocenters. The number of ether oxygens (including phenoxy) is 1. The largest absolute Gasteiger partial charge is 0.383 e. The summed E-state index contributed by atoms with van der Waals surface area (Å²) in [6, 6.07) is 7.93. The van der Waals surface area contributed by atoms with Gasteiger partial charge in [0.05, 0.1) is 13.2 Å². The molecule has 0 heterocycles. The molecule has 26 heavy (non-hydrogen) atoms. The number of hydrogen-bond donors (Lipinski definition) is 3. The van der Waals surface area contributed by atoms with Gasteiger partial charge in [0, 0.05) is 31.3 Å². The van der Waals surface area contributed by atoms with Crippen LogP contribution in [0, 0.1) is 0 Å². The molecule has 3 N–H and O–H groups in total. The van der Waals surface area contributed by atoms with Gasteiger partial charge in [-0.2, -0.15) is 0 Å². The van der Waals surface area contributed by atoms with E-state index in [1.165, 1.54) is 0 Å². The van der Waals surface area contributed by atoms with E-state index >= 15 is 0 Å². The maximum absolute atomic E-state index is 12.1. The Balaban J connectivity index is 0.00000625. The molecular formula is C19H33IN4O2. The number of nitrogens with zero attached hydrogens (tertiary/aromatic N) is 1. The second-order valence-corrected chi connectivity index (χ2v) is 6.18. The summed E-state index contributed by atoms with van der Waals surface area (Å²) in [5.41, 5.74) is 1.73. The van der Waals surface area contributed by atoms with Crippen molar-refractivity contribution in [2.75, 3.05) is 20.3 Å². The van der Waals surface area contributed by atoms with Crippen LogP contribution in [0.4, 0.5) is 0 Å². The van der Waals surface area contributed by atoms with E-state index in [9.17, 15) is 4.79 Å². The predicted molar refractivity (Wildman–Crippen MR) is 118 cm³/mol. The van der Waals surface area contributed by atoms with Crippen molar-refractivity contribution in [2.24, 2.45) is 4.99 Å². The highest BCUT2D eigenvalue weighted by molar-refractivity contribution is 14.0. The lowest BCUT2D eigenvalue weighted by Crippen LogP contribution is -2.43. The van der Waals surface area contributed by atoms with E-state index in [1.54, 1.807) is 7.11 Å². The molecule has 0 aromatic heterocycles. The summed E-state index contributed by atoms with van der Waals surface area (Å²) >= 11 is 0. The third-order valence-electron chi connectivity index (χ3n) is 3.77. The SMILES string of the molecule is CCNC(=NCc1ccc(C(=O)NC(C)CC)cc1)NC(C)COC.I. The summed E-state index contributed by atoms with van der Waals surface area (Å²) in [6.45, 7) is 10.1. The minimum atomic E-state index is -0.0344. The van der Waals surface area contributed by atoms with Crippen molar-refractivity contribution < 1.29 is 9.53 Å². The number of guanidine groups is 1. The van der Waals surface area contributed by atoms with Gasteiger partial charge in [0.1, 0.15) is 0 Å². The lowest BCUT2D eigenvalue weighted by Gasteiger charge is -2.17. The number of halogens is 1. The third-order valence-corrected chi connectivity index (χ3v) is 3.77. The minimum absolute atomic E-state index is 0. The van der Waals surface area contributed by atoms with Gasteiger partial charge in [-0.15, -0.1) is 24.0 Å². The van der Waals surface area contributed by atoms with Gasteiger partial charge in [0.15, 0.2) is 5.96 Å². The summed E-state index contributed by atoms with van der Waals surface area (Å²) in [6.07, 6.45) is 0.917. The average molecular weight is 476 g/mol. The van der Waals surface area contributed by atoms with Crippen LogP contribution < -0.4 is 16.0 Å². The molecule has 148 valence electrons. The van der Waals surface area contributed by atoms with Crippen LogP contribution in [0.3, 0.4) is 0 Å². The first kappa shape index (κ1) is 24.7. The number of carbonyl (C=O) groups is 1. The van der Waals surface area contributed by atoms with Crippen LogP contribution in [0.5, 0.6) is 0 Å². The van der Waals surface area contributed by atoms with Crippen LogP contribution >= 0.6 is 24.0 Å². The van der Waals surface area contributed by atoms with Gasteiger partial charge in [-0.3, -0.25) is 4.79 Å². The van der Waals surface area contributed by atoms with Crippen LogP contribution in [0.2, 0.25) is 0 Å². The van der Waals surface area contributed by atoms with E-state index in [2.05, 4.69) is 27.9 Å². The van der Waals surface area contributed by atoms with Gasteiger partial charge < -0.3 is 20.7 Å². The highest BCUT2D eigenvalue weighted by Crippen LogP contribution is 2.06. The maximum atomic E-state index is 12.1. The Kier molecular flexibility index (Phi) is 13.1. The molecule has 0 radical (unpaired) electrons. The molecule has 0 aliphatic rings.